The van der Waals surface area contributed by atoms with Crippen LogP contribution in [0.5, 0.6) is 5.75 Å². The molecule has 0 spiro atoms. The molecular formula is C12H12Br2N2O3. The molecule has 1 N–H and O–H groups in total. The van der Waals surface area contributed by atoms with Crippen LogP contribution in [0.2, 0.25) is 0 Å². The predicted molar refractivity (Wildman–Crippen MR) is 78.4 cm³/mol. The molecule has 1 unspecified atom stereocenters. The van der Waals surface area contributed by atoms with Crippen molar-refractivity contribution in [1.29, 1.82) is 0 Å². The average molecular weight is 392 g/mol. The van der Waals surface area contributed by atoms with Crippen molar-refractivity contribution in [3.05, 3.63) is 21.1 Å². The fourth-order valence-electron chi connectivity index (χ4n) is 1.93. The number of benzene rings is 1. The van der Waals surface area contributed by atoms with Crippen molar-refractivity contribution in [2.75, 3.05) is 18.6 Å². The third kappa shape index (κ3) is 2.62. The molecule has 102 valence electrons. The van der Waals surface area contributed by atoms with Gasteiger partial charge in [-0.15, -0.1) is 0 Å². The highest BCUT2D eigenvalue weighted by Crippen LogP contribution is 2.37. The van der Waals surface area contributed by atoms with E-state index in [0.29, 0.717) is 11.4 Å². The van der Waals surface area contributed by atoms with Crippen molar-refractivity contribution in [3.63, 3.8) is 0 Å². The highest BCUT2D eigenvalue weighted by molar-refractivity contribution is 9.11. The maximum absolute atomic E-state index is 12.0. The average Bonchev–Trinajstić information content (AvgIpc) is 2.37. The Balaban J connectivity index is 2.50. The number of amides is 2. The van der Waals surface area contributed by atoms with E-state index in [1.54, 1.807) is 26.2 Å². The van der Waals surface area contributed by atoms with E-state index in [4.69, 9.17) is 4.74 Å². The van der Waals surface area contributed by atoms with Crippen molar-refractivity contribution >= 4 is 49.4 Å². The van der Waals surface area contributed by atoms with E-state index in [1.807, 2.05) is 0 Å². The van der Waals surface area contributed by atoms with Crippen LogP contribution in [0.15, 0.2) is 21.1 Å². The molecule has 2 amide bonds. The molecule has 19 heavy (non-hydrogen) atoms. The standard InChI is InChI=1S/C12H12Br2N2O3/c1-6-12(18)15-5-11(17)16(6)9-4-10(19-2)8(14)3-7(9)13/h3-4,6H,5H2,1-2H3,(H,15,18). The van der Waals surface area contributed by atoms with Crippen LogP contribution in [0.25, 0.3) is 0 Å². The third-order valence-electron chi connectivity index (χ3n) is 2.93. The minimum atomic E-state index is -0.552. The molecule has 0 radical (unpaired) electrons. The van der Waals surface area contributed by atoms with Gasteiger partial charge in [0.1, 0.15) is 11.8 Å². The molecule has 1 fully saturated rings. The van der Waals surface area contributed by atoms with E-state index < -0.39 is 6.04 Å². The molecule has 1 aliphatic heterocycles. The van der Waals surface area contributed by atoms with Crippen LogP contribution in [0, 0.1) is 0 Å². The summed E-state index contributed by atoms with van der Waals surface area (Å²) in [7, 11) is 1.55. The highest BCUT2D eigenvalue weighted by atomic mass is 79.9. The number of nitrogens with one attached hydrogen (secondary N) is 1. The van der Waals surface area contributed by atoms with E-state index >= 15 is 0 Å². The SMILES string of the molecule is COc1cc(N2C(=O)CNC(=O)C2C)c(Br)cc1Br. The molecule has 2 rings (SSSR count). The van der Waals surface area contributed by atoms with Crippen LogP contribution in [0.1, 0.15) is 6.92 Å². The second kappa shape index (κ2) is 5.50. The van der Waals surface area contributed by atoms with Gasteiger partial charge in [0.2, 0.25) is 11.8 Å². The lowest BCUT2D eigenvalue weighted by atomic mass is 10.1. The molecule has 0 aromatic heterocycles. The van der Waals surface area contributed by atoms with E-state index in [1.165, 1.54) is 4.90 Å². The van der Waals surface area contributed by atoms with Crippen LogP contribution in [0.3, 0.4) is 0 Å². The lowest BCUT2D eigenvalue weighted by molar-refractivity contribution is -0.130. The van der Waals surface area contributed by atoms with Crippen LogP contribution in [-0.2, 0) is 9.59 Å². The number of methoxy groups -OCH3 is 1. The molecule has 7 heteroatoms. The summed E-state index contributed by atoms with van der Waals surface area (Å²) in [4.78, 5) is 25.2. The molecular weight excluding hydrogens is 380 g/mol. The molecule has 0 aliphatic carbocycles. The summed E-state index contributed by atoms with van der Waals surface area (Å²) >= 11 is 6.78. The number of carbonyl (C=O) groups is 2. The summed E-state index contributed by atoms with van der Waals surface area (Å²) in [6, 6.07) is 2.96. The van der Waals surface area contributed by atoms with Gasteiger partial charge in [-0.1, -0.05) is 0 Å². The Hall–Kier alpha value is -1.08. The van der Waals surface area contributed by atoms with Gasteiger partial charge < -0.3 is 10.1 Å². The van der Waals surface area contributed by atoms with Gasteiger partial charge in [0.15, 0.2) is 0 Å². The number of ether oxygens (including phenoxy) is 1. The smallest absolute Gasteiger partial charge is 0.247 e. The number of hydrogen-bond donors (Lipinski definition) is 1. The van der Waals surface area contributed by atoms with E-state index in [-0.39, 0.29) is 18.4 Å². The zero-order valence-corrected chi connectivity index (χ0v) is 13.5. The summed E-state index contributed by atoms with van der Waals surface area (Å²) in [5.41, 5.74) is 0.618. The largest absolute Gasteiger partial charge is 0.495 e. The summed E-state index contributed by atoms with van der Waals surface area (Å²) in [5.74, 6) is 0.273. The van der Waals surface area contributed by atoms with Crippen molar-refractivity contribution in [2.24, 2.45) is 0 Å². The van der Waals surface area contributed by atoms with E-state index in [2.05, 4.69) is 37.2 Å². The lowest BCUT2D eigenvalue weighted by Crippen LogP contribution is -2.57. The van der Waals surface area contributed by atoms with Crippen molar-refractivity contribution in [1.82, 2.24) is 5.32 Å². The zero-order valence-electron chi connectivity index (χ0n) is 10.4. The number of anilines is 1. The van der Waals surface area contributed by atoms with Gasteiger partial charge in [0.25, 0.3) is 0 Å². The van der Waals surface area contributed by atoms with Gasteiger partial charge in [-0.2, -0.15) is 0 Å². The van der Waals surface area contributed by atoms with Crippen LogP contribution < -0.4 is 15.0 Å². The second-order valence-electron chi connectivity index (χ2n) is 4.10. The van der Waals surface area contributed by atoms with Crippen molar-refractivity contribution in [2.45, 2.75) is 13.0 Å². The molecule has 1 aromatic carbocycles. The van der Waals surface area contributed by atoms with Crippen LogP contribution in [-0.4, -0.2) is 31.5 Å². The fraction of sp³-hybridized carbons (Fsp3) is 0.333. The first kappa shape index (κ1) is 14.3. The monoisotopic (exact) mass is 390 g/mol. The first-order chi connectivity index (χ1) is 8.95. The minimum absolute atomic E-state index is 0.00793. The minimum Gasteiger partial charge on any atom is -0.495 e. The molecule has 1 atom stereocenters. The Morgan fingerprint density at radius 1 is 1.32 bits per heavy atom. The first-order valence-electron chi connectivity index (χ1n) is 5.58. The summed E-state index contributed by atoms with van der Waals surface area (Å²) in [6.45, 7) is 1.70. The molecule has 0 bridgehead atoms. The predicted octanol–water partition coefficient (Wildman–Crippen LogP) is 2.07. The Morgan fingerprint density at radius 3 is 2.63 bits per heavy atom. The van der Waals surface area contributed by atoms with Crippen molar-refractivity contribution < 1.29 is 14.3 Å². The van der Waals surface area contributed by atoms with Gasteiger partial charge in [0.05, 0.1) is 23.8 Å². The van der Waals surface area contributed by atoms with Crippen LogP contribution >= 0.6 is 31.9 Å². The third-order valence-corrected chi connectivity index (χ3v) is 4.18. The highest BCUT2D eigenvalue weighted by Gasteiger charge is 2.33. The van der Waals surface area contributed by atoms with E-state index in [0.717, 1.165) is 8.95 Å². The Morgan fingerprint density at radius 2 is 2.00 bits per heavy atom. The maximum atomic E-state index is 12.0. The molecule has 5 nitrogen and oxygen atoms in total. The normalized spacial score (nSPS) is 19.4. The van der Waals surface area contributed by atoms with Gasteiger partial charge in [0, 0.05) is 10.5 Å². The fourth-order valence-corrected chi connectivity index (χ4v) is 3.28. The summed E-state index contributed by atoms with van der Waals surface area (Å²) in [6.07, 6.45) is 0. The molecule has 1 aliphatic rings. The number of hydrogen-bond acceptors (Lipinski definition) is 3. The number of nitrogens with zero attached hydrogens (tertiary/aromatic N) is 1. The number of piperazine rings is 1. The molecule has 1 heterocycles. The molecule has 1 saturated heterocycles. The maximum Gasteiger partial charge on any atom is 0.247 e. The Kier molecular flexibility index (Phi) is 4.15. The number of rotatable bonds is 2. The Labute approximate surface area is 127 Å². The zero-order chi connectivity index (χ0) is 14.2. The molecule has 1 aromatic rings. The van der Waals surface area contributed by atoms with Gasteiger partial charge in [-0.3, -0.25) is 14.5 Å². The number of carbonyl (C=O) groups excluding carboxylic acids is 2. The van der Waals surface area contributed by atoms with Gasteiger partial charge >= 0.3 is 0 Å². The van der Waals surface area contributed by atoms with Gasteiger partial charge in [-0.05, 0) is 44.8 Å². The Bertz CT molecular complexity index is 548. The number of halogens is 2. The van der Waals surface area contributed by atoms with E-state index in [9.17, 15) is 9.59 Å². The molecule has 0 saturated carbocycles. The lowest BCUT2D eigenvalue weighted by Gasteiger charge is -2.33. The first-order valence-corrected chi connectivity index (χ1v) is 7.17. The van der Waals surface area contributed by atoms with Crippen molar-refractivity contribution in [3.8, 4) is 5.75 Å². The van der Waals surface area contributed by atoms with Gasteiger partial charge in [-0.25, -0.2) is 0 Å². The summed E-state index contributed by atoms with van der Waals surface area (Å²) < 4.78 is 6.71. The summed E-state index contributed by atoms with van der Waals surface area (Å²) in [5, 5.41) is 2.55. The van der Waals surface area contributed by atoms with Crippen LogP contribution in [0.4, 0.5) is 5.69 Å². The quantitative estimate of drug-likeness (QED) is 0.839. The second-order valence-corrected chi connectivity index (χ2v) is 5.80. The topological polar surface area (TPSA) is 58.6 Å².